The summed E-state index contributed by atoms with van der Waals surface area (Å²) >= 11 is 1.38. The Bertz CT molecular complexity index is 798. The number of fused-ring (bicyclic) bond motifs is 1. The van der Waals surface area contributed by atoms with Gasteiger partial charge in [-0.1, -0.05) is 12.1 Å². The molecule has 3 rings (SSSR count). The maximum Gasteiger partial charge on any atom is 0.265 e. The molecule has 1 aliphatic rings. The molecule has 1 aromatic carbocycles. The molecule has 0 aliphatic carbocycles. The zero-order valence-electron chi connectivity index (χ0n) is 12.1. The Morgan fingerprint density at radius 1 is 1.27 bits per heavy atom. The van der Waals surface area contributed by atoms with Gasteiger partial charge in [0.05, 0.1) is 11.1 Å². The molecule has 0 spiro atoms. The maximum atomic E-state index is 12.1. The fourth-order valence-corrected chi connectivity index (χ4v) is 3.91. The lowest BCUT2D eigenvalue weighted by molar-refractivity contribution is 0.103. The normalized spacial score (nSPS) is 15.3. The van der Waals surface area contributed by atoms with E-state index in [1.54, 1.807) is 6.07 Å². The van der Waals surface area contributed by atoms with Gasteiger partial charge in [-0.15, -0.1) is 11.3 Å². The van der Waals surface area contributed by atoms with Crippen LogP contribution < -0.4 is 5.32 Å². The topological polar surface area (TPSA) is 66.5 Å². The molecule has 7 heteroatoms. The van der Waals surface area contributed by atoms with Crippen molar-refractivity contribution in [2.75, 3.05) is 18.1 Å². The second-order valence-electron chi connectivity index (χ2n) is 5.26. The highest BCUT2D eigenvalue weighted by molar-refractivity contribution is 7.88. The van der Waals surface area contributed by atoms with Gasteiger partial charge < -0.3 is 5.32 Å². The highest BCUT2D eigenvalue weighted by atomic mass is 32.2. The summed E-state index contributed by atoms with van der Waals surface area (Å²) in [6.45, 7) is 0.865. The van der Waals surface area contributed by atoms with Crippen molar-refractivity contribution in [1.29, 1.82) is 0 Å². The lowest BCUT2D eigenvalue weighted by atomic mass is 10.0. The Morgan fingerprint density at radius 3 is 2.77 bits per heavy atom. The zero-order valence-corrected chi connectivity index (χ0v) is 13.7. The summed E-state index contributed by atoms with van der Waals surface area (Å²) in [6, 6.07) is 9.28. The van der Waals surface area contributed by atoms with Crippen LogP contribution in [0.1, 0.15) is 20.8 Å². The van der Waals surface area contributed by atoms with Crippen LogP contribution in [-0.2, 0) is 23.0 Å². The molecule has 0 saturated heterocycles. The third-order valence-corrected chi connectivity index (χ3v) is 5.77. The smallest absolute Gasteiger partial charge is 0.265 e. The quantitative estimate of drug-likeness (QED) is 0.935. The van der Waals surface area contributed by atoms with Gasteiger partial charge in [0.1, 0.15) is 0 Å². The van der Waals surface area contributed by atoms with Crippen LogP contribution in [0, 0.1) is 0 Å². The van der Waals surface area contributed by atoms with Crippen LogP contribution in [0.25, 0.3) is 0 Å². The summed E-state index contributed by atoms with van der Waals surface area (Å²) in [5.41, 5.74) is 2.77. The molecule has 1 aliphatic heterocycles. The Labute approximate surface area is 133 Å². The Morgan fingerprint density at radius 2 is 2.09 bits per heavy atom. The summed E-state index contributed by atoms with van der Waals surface area (Å²) < 4.78 is 24.8. The standard InChI is InChI=1S/C15H16N2O3S2/c1-22(19,20)17-7-6-11-4-5-13(9-12(11)10-17)16-15(18)14-3-2-8-21-14/h2-5,8-9H,6-7,10H2,1H3,(H,16,18). The van der Waals surface area contributed by atoms with Crippen LogP contribution in [0.15, 0.2) is 35.7 Å². The van der Waals surface area contributed by atoms with E-state index in [1.807, 2.05) is 29.6 Å². The lowest BCUT2D eigenvalue weighted by Crippen LogP contribution is -2.35. The van der Waals surface area contributed by atoms with Gasteiger partial charge in [0.2, 0.25) is 10.0 Å². The molecule has 2 heterocycles. The predicted molar refractivity (Wildman–Crippen MR) is 87.7 cm³/mol. The summed E-state index contributed by atoms with van der Waals surface area (Å²) in [7, 11) is -3.19. The number of nitrogens with zero attached hydrogens (tertiary/aromatic N) is 1. The third-order valence-electron chi connectivity index (χ3n) is 3.66. The molecule has 1 aromatic heterocycles. The first-order valence-electron chi connectivity index (χ1n) is 6.85. The van der Waals surface area contributed by atoms with Crippen molar-refractivity contribution >= 4 is 33.0 Å². The van der Waals surface area contributed by atoms with Crippen LogP contribution >= 0.6 is 11.3 Å². The average molecular weight is 336 g/mol. The third kappa shape index (κ3) is 3.21. The minimum Gasteiger partial charge on any atom is -0.321 e. The molecule has 0 radical (unpaired) electrons. The first-order chi connectivity index (χ1) is 10.4. The number of sulfonamides is 1. The summed E-state index contributed by atoms with van der Waals surface area (Å²) in [6.07, 6.45) is 1.92. The number of benzene rings is 1. The molecule has 2 aromatic rings. The molecule has 1 amide bonds. The number of nitrogens with one attached hydrogen (secondary N) is 1. The number of anilines is 1. The minimum absolute atomic E-state index is 0.147. The van der Waals surface area contributed by atoms with E-state index in [0.717, 1.165) is 11.1 Å². The van der Waals surface area contributed by atoms with Crippen LogP contribution in [-0.4, -0.2) is 31.4 Å². The largest absolute Gasteiger partial charge is 0.321 e. The number of carbonyl (C=O) groups is 1. The van der Waals surface area contributed by atoms with Crippen LogP contribution in [0.4, 0.5) is 5.69 Å². The molecule has 116 valence electrons. The van der Waals surface area contributed by atoms with E-state index in [0.29, 0.717) is 30.1 Å². The molecule has 0 atom stereocenters. The lowest BCUT2D eigenvalue weighted by Gasteiger charge is -2.27. The molecule has 1 N–H and O–H groups in total. The number of carbonyl (C=O) groups excluding carboxylic acids is 1. The number of amides is 1. The van der Waals surface area contributed by atoms with Gasteiger partial charge in [0.25, 0.3) is 5.91 Å². The van der Waals surface area contributed by atoms with Gasteiger partial charge in [-0.05, 0) is 41.1 Å². The van der Waals surface area contributed by atoms with Crippen molar-refractivity contribution < 1.29 is 13.2 Å². The number of hydrogen-bond donors (Lipinski definition) is 1. The second-order valence-corrected chi connectivity index (χ2v) is 8.19. The van der Waals surface area contributed by atoms with Crippen LogP contribution in [0.3, 0.4) is 0 Å². The van der Waals surface area contributed by atoms with Crippen molar-refractivity contribution in [2.45, 2.75) is 13.0 Å². The Hall–Kier alpha value is -1.70. The van der Waals surface area contributed by atoms with E-state index < -0.39 is 10.0 Å². The second kappa shape index (κ2) is 5.83. The van der Waals surface area contributed by atoms with Crippen molar-refractivity contribution in [3.05, 3.63) is 51.7 Å². The van der Waals surface area contributed by atoms with Crippen molar-refractivity contribution in [3.8, 4) is 0 Å². The Kier molecular flexibility index (Phi) is 4.03. The molecular formula is C15H16N2O3S2. The average Bonchev–Trinajstić information content (AvgIpc) is 3.00. The number of thiophene rings is 1. The fraction of sp³-hybridized carbons (Fsp3) is 0.267. The Balaban J connectivity index is 1.80. The van der Waals surface area contributed by atoms with Gasteiger partial charge in [-0.2, -0.15) is 4.31 Å². The monoisotopic (exact) mass is 336 g/mol. The van der Waals surface area contributed by atoms with E-state index >= 15 is 0 Å². The van der Waals surface area contributed by atoms with Crippen molar-refractivity contribution in [2.24, 2.45) is 0 Å². The minimum atomic E-state index is -3.19. The van der Waals surface area contributed by atoms with Gasteiger partial charge in [0, 0.05) is 18.8 Å². The first kappa shape index (κ1) is 15.2. The molecule has 22 heavy (non-hydrogen) atoms. The highest BCUT2D eigenvalue weighted by Crippen LogP contribution is 2.24. The molecule has 5 nitrogen and oxygen atoms in total. The van der Waals surface area contributed by atoms with Gasteiger partial charge in [-0.25, -0.2) is 8.42 Å². The van der Waals surface area contributed by atoms with E-state index in [2.05, 4.69) is 5.32 Å². The maximum absolute atomic E-state index is 12.1. The first-order valence-corrected chi connectivity index (χ1v) is 9.58. The molecule has 0 unspecified atom stereocenters. The van der Waals surface area contributed by atoms with Gasteiger partial charge in [0.15, 0.2) is 0 Å². The zero-order chi connectivity index (χ0) is 15.7. The molecule has 0 fully saturated rings. The van der Waals surface area contributed by atoms with Crippen molar-refractivity contribution in [1.82, 2.24) is 4.31 Å². The van der Waals surface area contributed by atoms with E-state index in [-0.39, 0.29) is 5.91 Å². The van der Waals surface area contributed by atoms with Crippen LogP contribution in [0.5, 0.6) is 0 Å². The number of rotatable bonds is 3. The van der Waals surface area contributed by atoms with E-state index in [9.17, 15) is 13.2 Å². The SMILES string of the molecule is CS(=O)(=O)N1CCc2ccc(NC(=O)c3cccs3)cc2C1. The highest BCUT2D eigenvalue weighted by Gasteiger charge is 2.23. The van der Waals surface area contributed by atoms with Gasteiger partial charge >= 0.3 is 0 Å². The summed E-state index contributed by atoms with van der Waals surface area (Å²) in [4.78, 5) is 12.7. The summed E-state index contributed by atoms with van der Waals surface area (Å²) in [5.74, 6) is -0.147. The fourth-order valence-electron chi connectivity index (χ4n) is 2.49. The van der Waals surface area contributed by atoms with E-state index in [1.165, 1.54) is 21.9 Å². The summed E-state index contributed by atoms with van der Waals surface area (Å²) in [5, 5.41) is 4.70. The number of hydrogen-bond acceptors (Lipinski definition) is 4. The van der Waals surface area contributed by atoms with Gasteiger partial charge in [-0.3, -0.25) is 4.79 Å². The van der Waals surface area contributed by atoms with Crippen LogP contribution in [0.2, 0.25) is 0 Å². The van der Waals surface area contributed by atoms with E-state index in [4.69, 9.17) is 0 Å². The van der Waals surface area contributed by atoms with Crippen molar-refractivity contribution in [3.63, 3.8) is 0 Å². The molecule has 0 bridgehead atoms. The predicted octanol–water partition coefficient (Wildman–Crippen LogP) is 2.32. The molecular weight excluding hydrogens is 320 g/mol. The molecule has 0 saturated carbocycles.